The summed E-state index contributed by atoms with van der Waals surface area (Å²) >= 11 is 1.58. The van der Waals surface area contributed by atoms with Crippen molar-refractivity contribution in [2.75, 3.05) is 51.6 Å². The summed E-state index contributed by atoms with van der Waals surface area (Å²) in [4.78, 5) is 39.3. The van der Waals surface area contributed by atoms with Gasteiger partial charge in [-0.3, -0.25) is 19.8 Å². The van der Waals surface area contributed by atoms with Crippen molar-refractivity contribution in [1.82, 2.24) is 19.7 Å². The highest BCUT2D eigenvalue weighted by atomic mass is 32.1. The van der Waals surface area contributed by atoms with Gasteiger partial charge in [-0.1, -0.05) is 32.9 Å². The van der Waals surface area contributed by atoms with E-state index < -0.39 is 6.10 Å². The van der Waals surface area contributed by atoms with Gasteiger partial charge in [0.15, 0.2) is 5.13 Å². The molecule has 1 saturated carbocycles. The quantitative estimate of drug-likeness (QED) is 0.515. The van der Waals surface area contributed by atoms with E-state index in [1.807, 2.05) is 24.0 Å². The van der Waals surface area contributed by atoms with Gasteiger partial charge in [0.2, 0.25) is 5.91 Å². The Morgan fingerprint density at radius 2 is 1.81 bits per heavy atom. The molecule has 1 aromatic heterocycles. The first-order valence-corrected chi connectivity index (χ1v) is 16.7. The van der Waals surface area contributed by atoms with Crippen LogP contribution >= 0.6 is 11.3 Å². The lowest BCUT2D eigenvalue weighted by Gasteiger charge is -2.53. The predicted molar refractivity (Wildman–Crippen MR) is 167 cm³/mol. The average molecular weight is 594 g/mol. The monoisotopic (exact) mass is 593 g/mol. The summed E-state index contributed by atoms with van der Waals surface area (Å²) in [6, 6.07) is 7.93. The topological polar surface area (TPSA) is 89.0 Å². The maximum Gasteiger partial charge on any atom is 0.257 e. The number of thiazole rings is 1. The molecule has 1 aromatic carbocycles. The minimum atomic E-state index is -0.544. The fourth-order valence-corrected chi connectivity index (χ4v) is 9.46. The minimum absolute atomic E-state index is 0.0304. The fraction of sp³-hybridized carbons (Fsp3) is 0.667. The van der Waals surface area contributed by atoms with Gasteiger partial charge in [-0.15, -0.1) is 11.3 Å². The number of likely N-dealkylation sites (tertiary alicyclic amines) is 1. The van der Waals surface area contributed by atoms with E-state index in [-0.39, 0.29) is 40.9 Å². The molecule has 2 N–H and O–H groups in total. The number of anilines is 1. The first kappa shape index (κ1) is 29.7. The number of benzene rings is 1. The molecule has 0 spiro atoms. The Morgan fingerprint density at radius 1 is 1.12 bits per heavy atom. The van der Waals surface area contributed by atoms with Gasteiger partial charge < -0.3 is 14.9 Å². The molecule has 3 fully saturated rings. The van der Waals surface area contributed by atoms with E-state index in [0.717, 1.165) is 83.6 Å². The predicted octanol–water partition coefficient (Wildman–Crippen LogP) is 4.45. The standard InChI is InChI=1S/C33H47N5O3S/c1-21(31(41)38-13-5-6-14-38)25-11-12-33(3)19-26-28(22(2)27(33)29(25)39)34-32(42-26)35-30(40)24-9-7-23(8-10-24)20-37-17-15-36(4)16-18-37/h7-10,21-22,25,27,29,39H,5-6,11-20H2,1-4H3,(H,34,35,40)/t21-,22-,25-,27+,29-,33+/m0/s1. The van der Waals surface area contributed by atoms with Crippen LogP contribution in [0, 0.1) is 23.2 Å². The summed E-state index contributed by atoms with van der Waals surface area (Å²) in [5.41, 5.74) is 2.80. The van der Waals surface area contributed by atoms with Crippen LogP contribution in [0.25, 0.3) is 0 Å². The zero-order valence-corrected chi connectivity index (χ0v) is 26.5. The number of rotatable bonds is 6. The van der Waals surface area contributed by atoms with Crippen molar-refractivity contribution in [1.29, 1.82) is 0 Å². The lowest BCUT2D eigenvalue weighted by atomic mass is 9.53. The molecule has 0 unspecified atom stereocenters. The molecule has 9 heteroatoms. The Balaban J connectivity index is 1.11. The lowest BCUT2D eigenvalue weighted by Crippen LogP contribution is -2.53. The van der Waals surface area contributed by atoms with E-state index in [1.165, 1.54) is 10.4 Å². The number of nitrogens with one attached hydrogen (secondary N) is 1. The van der Waals surface area contributed by atoms with Crippen molar-refractivity contribution >= 4 is 28.3 Å². The summed E-state index contributed by atoms with van der Waals surface area (Å²) in [7, 11) is 2.16. The van der Waals surface area contributed by atoms with Crippen molar-refractivity contribution in [3.05, 3.63) is 46.0 Å². The van der Waals surface area contributed by atoms with Crippen molar-refractivity contribution in [3.63, 3.8) is 0 Å². The van der Waals surface area contributed by atoms with Crippen LogP contribution < -0.4 is 5.32 Å². The molecule has 3 heterocycles. The van der Waals surface area contributed by atoms with E-state index in [9.17, 15) is 14.7 Å². The number of hydrogen-bond donors (Lipinski definition) is 2. The van der Waals surface area contributed by atoms with Gasteiger partial charge in [-0.2, -0.15) is 0 Å². The number of aliphatic hydroxyl groups excluding tert-OH is 1. The molecule has 6 atom stereocenters. The maximum atomic E-state index is 13.2. The zero-order chi connectivity index (χ0) is 29.6. The number of amides is 2. The van der Waals surface area contributed by atoms with Gasteiger partial charge in [0.1, 0.15) is 0 Å². The summed E-state index contributed by atoms with van der Waals surface area (Å²) in [5, 5.41) is 15.4. The molecule has 2 aromatic rings. The van der Waals surface area contributed by atoms with Crippen LogP contribution in [-0.2, 0) is 17.8 Å². The Morgan fingerprint density at radius 3 is 2.50 bits per heavy atom. The van der Waals surface area contributed by atoms with E-state index in [0.29, 0.717) is 10.7 Å². The Bertz CT molecular complexity index is 1280. The third-order valence-electron chi connectivity index (χ3n) is 10.8. The molecule has 0 radical (unpaired) electrons. The molecule has 228 valence electrons. The molecular formula is C33H47N5O3S. The van der Waals surface area contributed by atoms with Gasteiger partial charge in [0, 0.05) is 68.1 Å². The summed E-state index contributed by atoms with van der Waals surface area (Å²) in [6.45, 7) is 13.4. The summed E-state index contributed by atoms with van der Waals surface area (Å²) < 4.78 is 0. The average Bonchev–Trinajstić information content (AvgIpc) is 3.64. The first-order valence-electron chi connectivity index (χ1n) is 15.9. The highest BCUT2D eigenvalue weighted by Gasteiger charge is 2.54. The van der Waals surface area contributed by atoms with Crippen molar-refractivity contribution < 1.29 is 14.7 Å². The van der Waals surface area contributed by atoms with Crippen LogP contribution in [0.5, 0.6) is 0 Å². The number of aliphatic hydroxyl groups is 1. The molecule has 2 aliphatic heterocycles. The number of fused-ring (bicyclic) bond motifs is 2. The van der Waals surface area contributed by atoms with Crippen LogP contribution in [0.15, 0.2) is 24.3 Å². The maximum absolute atomic E-state index is 13.2. The molecule has 8 nitrogen and oxygen atoms in total. The van der Waals surface area contributed by atoms with E-state index >= 15 is 0 Å². The Kier molecular flexibility index (Phi) is 8.48. The Hall–Kier alpha value is -2.33. The van der Waals surface area contributed by atoms with E-state index in [2.05, 4.69) is 48.1 Å². The van der Waals surface area contributed by atoms with Crippen LogP contribution in [0.4, 0.5) is 5.13 Å². The van der Waals surface area contributed by atoms with Gasteiger partial charge in [-0.05, 0) is 74.1 Å². The number of aromatic nitrogens is 1. The summed E-state index contributed by atoms with van der Waals surface area (Å²) in [6.07, 6.45) is 4.32. The number of nitrogens with zero attached hydrogens (tertiary/aromatic N) is 4. The molecule has 2 aliphatic carbocycles. The molecule has 6 rings (SSSR count). The molecule has 42 heavy (non-hydrogen) atoms. The normalized spacial score (nSPS) is 30.9. The van der Waals surface area contributed by atoms with Crippen LogP contribution in [0.3, 0.4) is 0 Å². The number of carbonyl (C=O) groups is 2. The highest BCUT2D eigenvalue weighted by molar-refractivity contribution is 7.15. The molecule has 2 amide bonds. The van der Waals surface area contributed by atoms with Gasteiger partial charge in [0.05, 0.1) is 11.8 Å². The molecular weight excluding hydrogens is 546 g/mol. The highest BCUT2D eigenvalue weighted by Crippen LogP contribution is 2.57. The number of piperazine rings is 1. The second kappa shape index (κ2) is 12.0. The Labute approximate surface area is 254 Å². The summed E-state index contributed by atoms with van der Waals surface area (Å²) in [5.74, 6) is -0.0441. The van der Waals surface area contributed by atoms with Crippen molar-refractivity contribution in [3.8, 4) is 0 Å². The van der Waals surface area contributed by atoms with Crippen LogP contribution in [-0.4, -0.2) is 89.0 Å². The van der Waals surface area contributed by atoms with Crippen molar-refractivity contribution in [2.24, 2.45) is 23.2 Å². The van der Waals surface area contributed by atoms with Crippen LogP contribution in [0.2, 0.25) is 0 Å². The fourth-order valence-electron chi connectivity index (χ4n) is 8.20. The molecule has 4 aliphatic rings. The third kappa shape index (κ3) is 5.77. The van der Waals surface area contributed by atoms with Gasteiger partial charge in [-0.25, -0.2) is 4.98 Å². The number of carbonyl (C=O) groups excluding carboxylic acids is 2. The number of hydrogen-bond acceptors (Lipinski definition) is 7. The van der Waals surface area contributed by atoms with Crippen molar-refractivity contribution in [2.45, 2.75) is 71.4 Å². The van der Waals surface area contributed by atoms with E-state index in [1.54, 1.807) is 11.3 Å². The largest absolute Gasteiger partial charge is 0.392 e. The zero-order valence-electron chi connectivity index (χ0n) is 25.6. The molecule has 0 bridgehead atoms. The van der Waals surface area contributed by atoms with Gasteiger partial charge in [0.25, 0.3) is 5.91 Å². The first-order chi connectivity index (χ1) is 20.1. The molecule has 2 saturated heterocycles. The second-order valence-electron chi connectivity index (χ2n) is 13.7. The smallest absolute Gasteiger partial charge is 0.257 e. The van der Waals surface area contributed by atoms with E-state index in [4.69, 9.17) is 4.98 Å². The minimum Gasteiger partial charge on any atom is -0.392 e. The lowest BCUT2D eigenvalue weighted by molar-refractivity contribution is -0.143. The SMILES string of the molecule is C[C@H](C(=O)N1CCCC1)[C@@H]1CC[C@]2(C)Cc3sc(NC(=O)c4ccc(CN5CCN(C)CC5)cc4)nc3[C@@H](C)[C@@H]2[C@H]1O. The second-order valence-corrected chi connectivity index (χ2v) is 14.8. The third-order valence-corrected chi connectivity index (χ3v) is 11.8. The van der Waals surface area contributed by atoms with Crippen LogP contribution in [0.1, 0.15) is 78.9 Å². The number of likely N-dealkylation sites (N-methyl/N-ethyl adjacent to an activating group) is 1. The van der Waals surface area contributed by atoms with Gasteiger partial charge >= 0.3 is 0 Å².